The van der Waals surface area contributed by atoms with Gasteiger partial charge in [-0.3, -0.25) is 4.79 Å². The number of halogens is 1. The number of furan rings is 1. The lowest BCUT2D eigenvalue weighted by Gasteiger charge is -2.13. The zero-order chi connectivity index (χ0) is 17.8. The number of fused-ring (bicyclic) bond motifs is 1. The fourth-order valence-corrected chi connectivity index (χ4v) is 2.93. The van der Waals surface area contributed by atoms with E-state index in [4.69, 9.17) is 13.9 Å². The number of nitrogens with one attached hydrogen (secondary N) is 1. The molecule has 3 aromatic rings. The van der Waals surface area contributed by atoms with Crippen LogP contribution in [0.15, 0.2) is 51.4 Å². The zero-order valence-corrected chi connectivity index (χ0v) is 15.6. The molecule has 0 radical (unpaired) electrons. The number of ether oxygens (including phenoxy) is 2. The molecule has 1 N–H and O–H groups in total. The van der Waals surface area contributed by atoms with Gasteiger partial charge in [-0.05, 0) is 54.0 Å². The Kier molecular flexibility index (Phi) is 5.28. The number of anilines is 1. The summed E-state index contributed by atoms with van der Waals surface area (Å²) in [5, 5.41) is 3.69. The minimum absolute atomic E-state index is 0.228. The molecule has 25 heavy (non-hydrogen) atoms. The number of hydrogen-bond acceptors (Lipinski definition) is 4. The van der Waals surface area contributed by atoms with Crippen LogP contribution in [0.4, 0.5) is 5.69 Å². The predicted octanol–water partition coefficient (Wildman–Crippen LogP) is 5.25. The summed E-state index contributed by atoms with van der Waals surface area (Å²) >= 11 is 3.42. The second kappa shape index (κ2) is 7.61. The zero-order valence-electron chi connectivity index (χ0n) is 14.0. The maximum atomic E-state index is 12.6. The Labute approximate surface area is 154 Å². The van der Waals surface area contributed by atoms with E-state index in [9.17, 15) is 4.79 Å². The Balaban J connectivity index is 1.90. The highest BCUT2D eigenvalue weighted by atomic mass is 79.9. The average molecular weight is 404 g/mol. The third kappa shape index (κ3) is 3.79. The minimum atomic E-state index is -0.349. The van der Waals surface area contributed by atoms with Crippen LogP contribution in [0, 0.1) is 0 Å². The third-order valence-electron chi connectivity index (χ3n) is 3.53. The van der Waals surface area contributed by atoms with Gasteiger partial charge in [-0.25, -0.2) is 0 Å². The molecule has 1 heterocycles. The van der Waals surface area contributed by atoms with E-state index < -0.39 is 0 Å². The number of carbonyl (C=O) groups is 1. The number of amides is 1. The highest BCUT2D eigenvalue weighted by molar-refractivity contribution is 9.10. The number of para-hydroxylation sites is 1. The van der Waals surface area contributed by atoms with Gasteiger partial charge < -0.3 is 19.2 Å². The van der Waals surface area contributed by atoms with Crippen molar-refractivity contribution in [1.82, 2.24) is 0 Å². The van der Waals surface area contributed by atoms with Crippen LogP contribution in [-0.2, 0) is 0 Å². The standard InChI is InChI=1S/C19H18BrNO4/c1-3-23-13-8-9-16(24-4-2)15(11-13)21-19(22)17-10-12-6-5-7-14(20)18(12)25-17/h5-11H,3-4H2,1-2H3,(H,21,22). The molecule has 0 atom stereocenters. The summed E-state index contributed by atoms with van der Waals surface area (Å²) in [6.45, 7) is 4.83. The molecule has 0 saturated carbocycles. The van der Waals surface area contributed by atoms with E-state index >= 15 is 0 Å². The first-order valence-electron chi connectivity index (χ1n) is 8.01. The van der Waals surface area contributed by atoms with Crippen LogP contribution in [0.25, 0.3) is 11.0 Å². The van der Waals surface area contributed by atoms with E-state index in [1.807, 2.05) is 38.1 Å². The number of rotatable bonds is 6. The lowest BCUT2D eigenvalue weighted by atomic mass is 10.2. The topological polar surface area (TPSA) is 60.7 Å². The summed E-state index contributed by atoms with van der Waals surface area (Å²) in [5.74, 6) is 1.12. The molecule has 0 unspecified atom stereocenters. The van der Waals surface area contributed by atoms with Gasteiger partial charge in [-0.2, -0.15) is 0 Å². The molecule has 0 aliphatic carbocycles. The summed E-state index contributed by atoms with van der Waals surface area (Å²) in [5.41, 5.74) is 1.18. The first kappa shape index (κ1) is 17.4. The number of carbonyl (C=O) groups excluding carboxylic acids is 1. The summed E-state index contributed by atoms with van der Waals surface area (Å²) < 4.78 is 17.6. The Morgan fingerprint density at radius 2 is 1.92 bits per heavy atom. The van der Waals surface area contributed by atoms with Gasteiger partial charge >= 0.3 is 0 Å². The number of hydrogen-bond donors (Lipinski definition) is 1. The van der Waals surface area contributed by atoms with Crippen molar-refractivity contribution >= 4 is 38.5 Å². The molecular weight excluding hydrogens is 386 g/mol. The molecule has 0 aliphatic rings. The SMILES string of the molecule is CCOc1ccc(OCC)c(NC(=O)c2cc3cccc(Br)c3o2)c1. The van der Waals surface area contributed by atoms with E-state index in [1.54, 1.807) is 18.2 Å². The summed E-state index contributed by atoms with van der Waals surface area (Å²) in [4.78, 5) is 12.6. The van der Waals surface area contributed by atoms with Gasteiger partial charge in [0.2, 0.25) is 0 Å². The van der Waals surface area contributed by atoms with E-state index in [2.05, 4.69) is 21.2 Å². The van der Waals surface area contributed by atoms with Crippen molar-refractivity contribution in [1.29, 1.82) is 0 Å². The van der Waals surface area contributed by atoms with Crippen LogP contribution in [0.3, 0.4) is 0 Å². The molecule has 0 spiro atoms. The van der Waals surface area contributed by atoms with Crippen molar-refractivity contribution < 1.29 is 18.7 Å². The fourth-order valence-electron chi connectivity index (χ4n) is 2.47. The molecule has 0 fully saturated rings. The molecule has 130 valence electrons. The summed E-state index contributed by atoms with van der Waals surface area (Å²) in [6.07, 6.45) is 0. The van der Waals surface area contributed by atoms with Crippen LogP contribution >= 0.6 is 15.9 Å². The van der Waals surface area contributed by atoms with Crippen molar-refractivity contribution in [3.05, 3.63) is 52.7 Å². The van der Waals surface area contributed by atoms with Crippen molar-refractivity contribution in [2.75, 3.05) is 18.5 Å². The van der Waals surface area contributed by atoms with E-state index in [1.165, 1.54) is 0 Å². The predicted molar refractivity (Wildman–Crippen MR) is 101 cm³/mol. The normalized spacial score (nSPS) is 10.7. The van der Waals surface area contributed by atoms with Gasteiger partial charge in [-0.15, -0.1) is 0 Å². The van der Waals surface area contributed by atoms with Gasteiger partial charge in [-0.1, -0.05) is 12.1 Å². The van der Waals surface area contributed by atoms with E-state index in [0.29, 0.717) is 36.0 Å². The fraction of sp³-hybridized carbons (Fsp3) is 0.211. The van der Waals surface area contributed by atoms with Crippen LogP contribution in [-0.4, -0.2) is 19.1 Å². The quantitative estimate of drug-likeness (QED) is 0.610. The van der Waals surface area contributed by atoms with Crippen molar-refractivity contribution in [2.45, 2.75) is 13.8 Å². The maximum Gasteiger partial charge on any atom is 0.291 e. The molecule has 3 rings (SSSR count). The molecule has 0 bridgehead atoms. The highest BCUT2D eigenvalue weighted by Gasteiger charge is 2.16. The second-order valence-corrected chi connectivity index (χ2v) is 6.10. The monoisotopic (exact) mass is 403 g/mol. The molecule has 0 saturated heterocycles. The van der Waals surface area contributed by atoms with Crippen molar-refractivity contribution in [2.24, 2.45) is 0 Å². The molecule has 6 heteroatoms. The lowest BCUT2D eigenvalue weighted by molar-refractivity contribution is 0.0998. The smallest absolute Gasteiger partial charge is 0.291 e. The van der Waals surface area contributed by atoms with Crippen LogP contribution in [0.1, 0.15) is 24.4 Å². The molecule has 0 aliphatic heterocycles. The van der Waals surface area contributed by atoms with Crippen LogP contribution < -0.4 is 14.8 Å². The summed E-state index contributed by atoms with van der Waals surface area (Å²) in [7, 11) is 0. The summed E-state index contributed by atoms with van der Waals surface area (Å²) in [6, 6.07) is 12.7. The van der Waals surface area contributed by atoms with Gasteiger partial charge in [0.05, 0.1) is 23.4 Å². The molecule has 1 amide bonds. The number of benzene rings is 2. The Hall–Kier alpha value is -2.47. The molecule has 2 aromatic carbocycles. The molecule has 5 nitrogen and oxygen atoms in total. The van der Waals surface area contributed by atoms with Crippen LogP contribution in [0.5, 0.6) is 11.5 Å². The lowest BCUT2D eigenvalue weighted by Crippen LogP contribution is -2.12. The van der Waals surface area contributed by atoms with Gasteiger partial charge in [0.15, 0.2) is 5.76 Å². The Morgan fingerprint density at radius 1 is 1.12 bits per heavy atom. The maximum absolute atomic E-state index is 12.6. The first-order chi connectivity index (χ1) is 12.1. The van der Waals surface area contributed by atoms with Crippen molar-refractivity contribution in [3.8, 4) is 11.5 Å². The largest absolute Gasteiger partial charge is 0.494 e. The van der Waals surface area contributed by atoms with Gasteiger partial charge in [0.25, 0.3) is 5.91 Å². The average Bonchev–Trinajstić information content (AvgIpc) is 3.03. The second-order valence-electron chi connectivity index (χ2n) is 5.25. The third-order valence-corrected chi connectivity index (χ3v) is 4.15. The minimum Gasteiger partial charge on any atom is -0.494 e. The van der Waals surface area contributed by atoms with Crippen LogP contribution in [0.2, 0.25) is 0 Å². The van der Waals surface area contributed by atoms with E-state index in [-0.39, 0.29) is 11.7 Å². The molecule has 1 aromatic heterocycles. The Bertz CT molecular complexity index is 904. The van der Waals surface area contributed by atoms with Gasteiger partial charge in [0.1, 0.15) is 17.1 Å². The Morgan fingerprint density at radius 3 is 2.64 bits per heavy atom. The molecular formula is C19H18BrNO4. The van der Waals surface area contributed by atoms with E-state index in [0.717, 1.165) is 9.86 Å². The van der Waals surface area contributed by atoms with Gasteiger partial charge in [0, 0.05) is 11.5 Å². The van der Waals surface area contributed by atoms with Crippen molar-refractivity contribution in [3.63, 3.8) is 0 Å². The first-order valence-corrected chi connectivity index (χ1v) is 8.80. The highest BCUT2D eigenvalue weighted by Crippen LogP contribution is 2.31.